The molecule has 0 heterocycles. The molecule has 1 fully saturated rings. The van der Waals surface area contributed by atoms with E-state index in [9.17, 15) is 4.79 Å². The van der Waals surface area contributed by atoms with Gasteiger partial charge in [-0.05, 0) is 38.1 Å². The smallest absolute Gasteiger partial charge is 0.319 e. The van der Waals surface area contributed by atoms with Crippen molar-refractivity contribution in [2.45, 2.75) is 45.6 Å². The molecule has 6 nitrogen and oxygen atoms in total. The first-order valence-corrected chi connectivity index (χ1v) is 9.27. The summed E-state index contributed by atoms with van der Waals surface area (Å²) >= 11 is 0. The summed E-state index contributed by atoms with van der Waals surface area (Å²) in [6.07, 6.45) is 4.52. The van der Waals surface area contributed by atoms with Crippen LogP contribution in [0.3, 0.4) is 0 Å². The lowest BCUT2D eigenvalue weighted by Crippen LogP contribution is -2.36. The van der Waals surface area contributed by atoms with Crippen molar-refractivity contribution in [2.75, 3.05) is 38.7 Å². The second-order valence-corrected chi connectivity index (χ2v) is 6.32. The van der Waals surface area contributed by atoms with Crippen LogP contribution in [-0.2, 0) is 0 Å². The second kappa shape index (κ2) is 10.1. The lowest BCUT2D eigenvalue weighted by atomic mass is 10.2. The zero-order valence-corrected chi connectivity index (χ0v) is 15.6. The number of anilines is 1. The van der Waals surface area contributed by atoms with E-state index in [-0.39, 0.29) is 6.03 Å². The molecule has 0 unspecified atom stereocenters. The number of rotatable bonds is 9. The van der Waals surface area contributed by atoms with Crippen LogP contribution in [0.5, 0.6) is 11.5 Å². The fraction of sp³-hybridized carbons (Fsp3) is 0.632. The average Bonchev–Trinajstić information content (AvgIpc) is 3.11. The third-order valence-electron chi connectivity index (χ3n) is 4.67. The van der Waals surface area contributed by atoms with E-state index in [4.69, 9.17) is 9.47 Å². The van der Waals surface area contributed by atoms with E-state index in [2.05, 4.69) is 29.4 Å². The number of carbonyl (C=O) groups is 1. The Hall–Kier alpha value is -1.95. The maximum atomic E-state index is 12.1. The first kappa shape index (κ1) is 19.4. The Balaban J connectivity index is 1.91. The molecule has 0 aromatic heterocycles. The molecule has 25 heavy (non-hydrogen) atoms. The number of urea groups is 1. The van der Waals surface area contributed by atoms with Crippen molar-refractivity contribution in [2.24, 2.45) is 0 Å². The maximum absolute atomic E-state index is 12.1. The van der Waals surface area contributed by atoms with Gasteiger partial charge in [0.1, 0.15) is 6.61 Å². The summed E-state index contributed by atoms with van der Waals surface area (Å²) in [6, 6.07) is 5.59. The predicted octanol–water partition coefficient (Wildman–Crippen LogP) is 3.48. The molecular weight excluding hydrogens is 318 g/mol. The minimum Gasteiger partial charge on any atom is -0.493 e. The summed E-state index contributed by atoms with van der Waals surface area (Å²) in [7, 11) is 1.62. The molecular formula is C19H31N3O3. The van der Waals surface area contributed by atoms with E-state index < -0.39 is 0 Å². The number of hydrogen-bond acceptors (Lipinski definition) is 4. The Morgan fingerprint density at radius 1 is 1.20 bits per heavy atom. The van der Waals surface area contributed by atoms with Crippen molar-refractivity contribution in [1.82, 2.24) is 10.2 Å². The van der Waals surface area contributed by atoms with Gasteiger partial charge in [0.15, 0.2) is 11.5 Å². The first-order chi connectivity index (χ1) is 12.2. The Morgan fingerprint density at radius 3 is 2.56 bits per heavy atom. The van der Waals surface area contributed by atoms with Crippen LogP contribution in [0, 0.1) is 0 Å². The molecule has 0 saturated heterocycles. The summed E-state index contributed by atoms with van der Waals surface area (Å²) < 4.78 is 11.2. The lowest BCUT2D eigenvalue weighted by molar-refractivity contribution is 0.217. The standard InChI is InChI=1S/C19H31N3O3/c1-4-22(5-2)12-13-25-18-14-16(10-11-17(18)24-3)21-19(23)20-15-8-6-7-9-15/h10-11,14-15H,4-9,12-13H2,1-3H3,(H2,20,21,23). The van der Waals surface area contributed by atoms with Crippen molar-refractivity contribution >= 4 is 11.7 Å². The minimum atomic E-state index is -0.161. The van der Waals surface area contributed by atoms with Gasteiger partial charge in [-0.2, -0.15) is 0 Å². The Labute approximate surface area is 150 Å². The number of ether oxygens (including phenoxy) is 2. The van der Waals surface area contributed by atoms with Crippen molar-refractivity contribution < 1.29 is 14.3 Å². The normalized spacial score (nSPS) is 14.6. The predicted molar refractivity (Wildman–Crippen MR) is 101 cm³/mol. The van der Waals surface area contributed by atoms with E-state index in [0.717, 1.165) is 32.5 Å². The Bertz CT molecular complexity index is 541. The topological polar surface area (TPSA) is 62.8 Å². The second-order valence-electron chi connectivity index (χ2n) is 6.32. The van der Waals surface area contributed by atoms with Gasteiger partial charge in [0.05, 0.1) is 7.11 Å². The van der Waals surface area contributed by atoms with Crippen molar-refractivity contribution in [3.8, 4) is 11.5 Å². The summed E-state index contributed by atoms with van der Waals surface area (Å²) in [5.41, 5.74) is 0.703. The van der Waals surface area contributed by atoms with E-state index in [0.29, 0.717) is 29.8 Å². The van der Waals surface area contributed by atoms with Gasteiger partial charge >= 0.3 is 6.03 Å². The van der Waals surface area contributed by atoms with Gasteiger partial charge in [-0.25, -0.2) is 4.79 Å². The zero-order chi connectivity index (χ0) is 18.1. The fourth-order valence-corrected chi connectivity index (χ4v) is 3.11. The molecule has 0 radical (unpaired) electrons. The number of likely N-dealkylation sites (N-methyl/N-ethyl adjacent to an activating group) is 1. The van der Waals surface area contributed by atoms with Crippen LogP contribution in [0.1, 0.15) is 39.5 Å². The molecule has 0 aliphatic heterocycles. The highest BCUT2D eigenvalue weighted by Gasteiger charge is 2.17. The van der Waals surface area contributed by atoms with E-state index in [1.165, 1.54) is 12.8 Å². The highest BCUT2D eigenvalue weighted by molar-refractivity contribution is 5.89. The van der Waals surface area contributed by atoms with Gasteiger partial charge in [0, 0.05) is 24.3 Å². The van der Waals surface area contributed by atoms with Gasteiger partial charge in [-0.3, -0.25) is 0 Å². The van der Waals surface area contributed by atoms with Gasteiger partial charge in [-0.15, -0.1) is 0 Å². The van der Waals surface area contributed by atoms with Crippen LogP contribution in [0.15, 0.2) is 18.2 Å². The molecule has 1 aliphatic rings. The third kappa shape index (κ3) is 6.12. The van der Waals surface area contributed by atoms with Crippen LogP contribution in [0.2, 0.25) is 0 Å². The van der Waals surface area contributed by atoms with Crippen LogP contribution in [-0.4, -0.2) is 50.3 Å². The van der Waals surface area contributed by atoms with Gasteiger partial charge in [0.2, 0.25) is 0 Å². The molecule has 2 amide bonds. The molecule has 2 N–H and O–H groups in total. The monoisotopic (exact) mass is 349 g/mol. The molecule has 1 aromatic rings. The average molecular weight is 349 g/mol. The zero-order valence-electron chi connectivity index (χ0n) is 15.6. The SMILES string of the molecule is CCN(CC)CCOc1cc(NC(=O)NC2CCCC2)ccc1OC. The maximum Gasteiger partial charge on any atom is 0.319 e. The molecule has 1 aromatic carbocycles. The Morgan fingerprint density at radius 2 is 1.92 bits per heavy atom. The number of methoxy groups -OCH3 is 1. The molecule has 6 heteroatoms. The number of nitrogens with one attached hydrogen (secondary N) is 2. The number of carbonyl (C=O) groups excluding carboxylic acids is 1. The van der Waals surface area contributed by atoms with E-state index in [1.807, 2.05) is 18.2 Å². The third-order valence-corrected chi connectivity index (χ3v) is 4.67. The van der Waals surface area contributed by atoms with Crippen LogP contribution in [0.4, 0.5) is 10.5 Å². The van der Waals surface area contributed by atoms with Crippen molar-refractivity contribution in [3.05, 3.63) is 18.2 Å². The molecule has 0 atom stereocenters. The highest BCUT2D eigenvalue weighted by Crippen LogP contribution is 2.30. The number of benzene rings is 1. The molecule has 2 rings (SSSR count). The van der Waals surface area contributed by atoms with E-state index in [1.54, 1.807) is 7.11 Å². The van der Waals surface area contributed by atoms with E-state index >= 15 is 0 Å². The fourth-order valence-electron chi connectivity index (χ4n) is 3.11. The number of nitrogens with zero attached hydrogens (tertiary/aromatic N) is 1. The van der Waals surface area contributed by atoms with Gasteiger partial charge in [0.25, 0.3) is 0 Å². The number of hydrogen-bond donors (Lipinski definition) is 2. The Kier molecular flexibility index (Phi) is 7.85. The summed E-state index contributed by atoms with van der Waals surface area (Å²) in [4.78, 5) is 14.4. The largest absolute Gasteiger partial charge is 0.493 e. The molecule has 0 bridgehead atoms. The molecule has 140 valence electrons. The summed E-state index contributed by atoms with van der Waals surface area (Å²) in [5.74, 6) is 1.31. The quantitative estimate of drug-likeness (QED) is 0.716. The lowest BCUT2D eigenvalue weighted by Gasteiger charge is -2.19. The molecule has 0 spiro atoms. The van der Waals surface area contributed by atoms with Crippen LogP contribution in [0.25, 0.3) is 0 Å². The molecule has 1 aliphatic carbocycles. The number of amides is 2. The van der Waals surface area contributed by atoms with Crippen LogP contribution >= 0.6 is 0 Å². The minimum absolute atomic E-state index is 0.161. The highest BCUT2D eigenvalue weighted by atomic mass is 16.5. The van der Waals surface area contributed by atoms with Gasteiger partial charge < -0.3 is 25.0 Å². The molecule has 1 saturated carbocycles. The summed E-state index contributed by atoms with van der Waals surface area (Å²) in [6.45, 7) is 7.71. The summed E-state index contributed by atoms with van der Waals surface area (Å²) in [5, 5.41) is 5.91. The first-order valence-electron chi connectivity index (χ1n) is 9.27. The van der Waals surface area contributed by atoms with Gasteiger partial charge in [-0.1, -0.05) is 26.7 Å². The van der Waals surface area contributed by atoms with Crippen molar-refractivity contribution in [3.63, 3.8) is 0 Å². The van der Waals surface area contributed by atoms with Crippen molar-refractivity contribution in [1.29, 1.82) is 0 Å². The van der Waals surface area contributed by atoms with Crippen LogP contribution < -0.4 is 20.1 Å².